The number of halogens is 1. The molecule has 0 aliphatic carbocycles. The van der Waals surface area contributed by atoms with Crippen LogP contribution in [0.25, 0.3) is 0 Å². The van der Waals surface area contributed by atoms with E-state index in [0.29, 0.717) is 6.54 Å². The predicted molar refractivity (Wildman–Crippen MR) is 68.0 cm³/mol. The summed E-state index contributed by atoms with van der Waals surface area (Å²) in [6, 6.07) is -0.182. The first-order chi connectivity index (χ1) is 7.80. The molecule has 4 nitrogen and oxygen atoms in total. The highest BCUT2D eigenvalue weighted by Gasteiger charge is 2.44. The highest BCUT2D eigenvalue weighted by molar-refractivity contribution is 6.51. The fourth-order valence-electron chi connectivity index (χ4n) is 2.22. The van der Waals surface area contributed by atoms with Crippen molar-refractivity contribution in [2.75, 3.05) is 33.7 Å². The summed E-state index contributed by atoms with van der Waals surface area (Å²) < 4.78 is 0.855. The molecule has 0 aromatic heterocycles. The van der Waals surface area contributed by atoms with Gasteiger partial charge in [0.2, 0.25) is 5.78 Å². The van der Waals surface area contributed by atoms with Crippen molar-refractivity contribution in [3.05, 3.63) is 0 Å². The molecule has 0 saturated carbocycles. The Hall–Kier alpha value is -0.610. The summed E-state index contributed by atoms with van der Waals surface area (Å²) >= 11 is 5.90. The third-order valence-electron chi connectivity index (χ3n) is 3.41. The van der Waals surface area contributed by atoms with Crippen molar-refractivity contribution in [3.8, 4) is 0 Å². The van der Waals surface area contributed by atoms with Gasteiger partial charge in [-0.1, -0.05) is 6.92 Å². The second-order valence-corrected chi connectivity index (χ2v) is 5.86. The summed E-state index contributed by atoms with van der Waals surface area (Å²) in [4.78, 5) is 24.7. The molecule has 0 N–H and O–H groups in total. The molecule has 17 heavy (non-hydrogen) atoms. The van der Waals surface area contributed by atoms with E-state index >= 15 is 0 Å². The third kappa shape index (κ3) is 3.19. The number of quaternary nitrogens is 1. The monoisotopic (exact) mass is 261 g/mol. The Kier molecular flexibility index (Phi) is 4.55. The Bertz CT molecular complexity index is 318. The minimum atomic E-state index is -0.677. The zero-order valence-corrected chi connectivity index (χ0v) is 11.8. The first-order valence-electron chi connectivity index (χ1n) is 6.11. The maximum absolute atomic E-state index is 11.7. The number of likely N-dealkylation sites (N-methyl/N-ethyl adjacent to an activating group) is 1. The maximum Gasteiger partial charge on any atom is 0.292 e. The standard InChI is InChI=1S/C12H22ClN2O2/c1-5-7-15(3,4)8-6-14-9(2)10(13)11(16)12(14)17/h9-10H,5-8H2,1-4H3/q+1. The Balaban J connectivity index is 2.58. The number of nitrogens with zero attached hydrogens (tertiary/aromatic N) is 2. The SMILES string of the molecule is CCC[N+](C)(C)CCN1C(=O)C(=O)C(Cl)C1C. The molecule has 1 aliphatic rings. The van der Waals surface area contributed by atoms with Gasteiger partial charge in [-0.25, -0.2) is 0 Å². The van der Waals surface area contributed by atoms with Crippen LogP contribution in [0.15, 0.2) is 0 Å². The molecule has 1 saturated heterocycles. The van der Waals surface area contributed by atoms with Crippen LogP contribution in [0.1, 0.15) is 20.3 Å². The average molecular weight is 262 g/mol. The number of carbonyl (C=O) groups excluding carboxylic acids is 2. The van der Waals surface area contributed by atoms with E-state index in [-0.39, 0.29) is 6.04 Å². The number of rotatable bonds is 5. The van der Waals surface area contributed by atoms with Crippen LogP contribution in [-0.4, -0.2) is 66.2 Å². The summed E-state index contributed by atoms with van der Waals surface area (Å²) in [6.45, 7) is 6.49. The Morgan fingerprint density at radius 3 is 2.29 bits per heavy atom. The summed E-state index contributed by atoms with van der Waals surface area (Å²) in [5.41, 5.74) is 0. The number of alkyl halides is 1. The summed E-state index contributed by atoms with van der Waals surface area (Å²) in [5, 5.41) is -0.677. The van der Waals surface area contributed by atoms with Gasteiger partial charge in [0.25, 0.3) is 5.91 Å². The fraction of sp³-hybridized carbons (Fsp3) is 0.833. The van der Waals surface area contributed by atoms with E-state index in [1.807, 2.05) is 6.92 Å². The van der Waals surface area contributed by atoms with Gasteiger partial charge in [0, 0.05) is 0 Å². The van der Waals surface area contributed by atoms with E-state index in [4.69, 9.17) is 11.6 Å². The molecule has 0 bridgehead atoms. The molecule has 0 radical (unpaired) electrons. The molecule has 2 atom stereocenters. The molecule has 98 valence electrons. The lowest BCUT2D eigenvalue weighted by atomic mass is 10.2. The van der Waals surface area contributed by atoms with Gasteiger partial charge in [0.15, 0.2) is 0 Å². The zero-order chi connectivity index (χ0) is 13.2. The predicted octanol–water partition coefficient (Wildman–Crippen LogP) is 0.880. The van der Waals surface area contributed by atoms with Crippen LogP contribution in [0.3, 0.4) is 0 Å². The minimum Gasteiger partial charge on any atom is -0.327 e. The van der Waals surface area contributed by atoms with Crippen molar-refractivity contribution < 1.29 is 14.1 Å². The van der Waals surface area contributed by atoms with Crippen molar-refractivity contribution in [1.82, 2.24) is 4.90 Å². The van der Waals surface area contributed by atoms with Crippen molar-refractivity contribution in [3.63, 3.8) is 0 Å². The van der Waals surface area contributed by atoms with Crippen LogP contribution in [0, 0.1) is 0 Å². The summed E-state index contributed by atoms with van der Waals surface area (Å²) in [6.07, 6.45) is 1.10. The lowest BCUT2D eigenvalue weighted by Crippen LogP contribution is -2.47. The second-order valence-electron chi connectivity index (χ2n) is 5.39. The van der Waals surface area contributed by atoms with Crippen LogP contribution in [-0.2, 0) is 9.59 Å². The van der Waals surface area contributed by atoms with E-state index in [9.17, 15) is 9.59 Å². The van der Waals surface area contributed by atoms with Crippen molar-refractivity contribution >= 4 is 23.3 Å². The minimum absolute atomic E-state index is 0.182. The number of hydrogen-bond donors (Lipinski definition) is 0. The van der Waals surface area contributed by atoms with Gasteiger partial charge in [-0.2, -0.15) is 0 Å². The maximum atomic E-state index is 11.7. The first-order valence-corrected chi connectivity index (χ1v) is 6.54. The Morgan fingerprint density at radius 2 is 1.88 bits per heavy atom. The number of carbonyl (C=O) groups is 2. The zero-order valence-electron chi connectivity index (χ0n) is 11.1. The molecule has 1 heterocycles. The number of amides is 1. The lowest BCUT2D eigenvalue weighted by Gasteiger charge is -2.32. The van der Waals surface area contributed by atoms with Crippen molar-refractivity contribution in [2.45, 2.75) is 31.7 Å². The quantitative estimate of drug-likeness (QED) is 0.419. The van der Waals surface area contributed by atoms with Crippen LogP contribution >= 0.6 is 11.6 Å². The normalized spacial score (nSPS) is 25.8. The molecule has 0 aromatic carbocycles. The molecular weight excluding hydrogens is 240 g/mol. The van der Waals surface area contributed by atoms with Gasteiger partial charge >= 0.3 is 0 Å². The highest BCUT2D eigenvalue weighted by Crippen LogP contribution is 2.21. The molecule has 0 aromatic rings. The van der Waals surface area contributed by atoms with Gasteiger partial charge in [-0.3, -0.25) is 9.59 Å². The molecule has 1 amide bonds. The topological polar surface area (TPSA) is 37.4 Å². The van der Waals surface area contributed by atoms with Crippen molar-refractivity contribution in [1.29, 1.82) is 0 Å². The second kappa shape index (κ2) is 5.36. The smallest absolute Gasteiger partial charge is 0.292 e. The number of likely N-dealkylation sites (tertiary alicyclic amines) is 1. The average Bonchev–Trinajstić information content (AvgIpc) is 2.42. The van der Waals surface area contributed by atoms with E-state index in [1.165, 1.54) is 0 Å². The first kappa shape index (κ1) is 14.5. The number of ketones is 1. The number of hydrogen-bond acceptors (Lipinski definition) is 2. The van der Waals surface area contributed by atoms with Crippen LogP contribution in [0.4, 0.5) is 0 Å². The summed E-state index contributed by atoms with van der Waals surface area (Å²) in [7, 11) is 4.27. The molecule has 5 heteroatoms. The molecule has 1 fully saturated rings. The van der Waals surface area contributed by atoms with Gasteiger partial charge in [0.05, 0.1) is 39.8 Å². The highest BCUT2D eigenvalue weighted by atomic mass is 35.5. The van der Waals surface area contributed by atoms with Crippen LogP contribution < -0.4 is 0 Å². The Labute approximate surface area is 108 Å². The van der Waals surface area contributed by atoms with Gasteiger partial charge in [0.1, 0.15) is 5.38 Å². The molecular formula is C12H22ClN2O2+. The van der Waals surface area contributed by atoms with Crippen molar-refractivity contribution in [2.24, 2.45) is 0 Å². The van der Waals surface area contributed by atoms with Gasteiger partial charge in [-0.05, 0) is 13.3 Å². The van der Waals surface area contributed by atoms with Crippen LogP contribution in [0.5, 0.6) is 0 Å². The lowest BCUT2D eigenvalue weighted by molar-refractivity contribution is -0.889. The van der Waals surface area contributed by atoms with E-state index in [2.05, 4.69) is 21.0 Å². The van der Waals surface area contributed by atoms with E-state index in [1.54, 1.807) is 4.90 Å². The van der Waals surface area contributed by atoms with Gasteiger partial charge < -0.3 is 9.38 Å². The molecule has 1 aliphatic heterocycles. The Morgan fingerprint density at radius 1 is 1.29 bits per heavy atom. The molecule has 0 spiro atoms. The largest absolute Gasteiger partial charge is 0.327 e. The van der Waals surface area contributed by atoms with E-state index < -0.39 is 17.1 Å². The fourth-order valence-corrected chi connectivity index (χ4v) is 2.45. The molecule has 1 rings (SSSR count). The van der Waals surface area contributed by atoms with E-state index in [0.717, 1.165) is 24.0 Å². The van der Waals surface area contributed by atoms with Crippen LogP contribution in [0.2, 0.25) is 0 Å². The number of Topliss-reactive ketones (excluding diaryl/α,β-unsaturated/α-hetero) is 1. The third-order valence-corrected chi connectivity index (χ3v) is 3.98. The summed E-state index contributed by atoms with van der Waals surface area (Å²) in [5.74, 6) is -0.881. The van der Waals surface area contributed by atoms with Gasteiger partial charge in [-0.15, -0.1) is 11.6 Å². The molecule has 2 unspecified atom stereocenters.